The number of rotatable bonds is 5. The fourth-order valence-corrected chi connectivity index (χ4v) is 1.56. The predicted octanol–water partition coefficient (Wildman–Crippen LogP) is 2.05. The van der Waals surface area contributed by atoms with Gasteiger partial charge in [-0.3, -0.25) is 0 Å². The van der Waals surface area contributed by atoms with Crippen molar-refractivity contribution in [2.75, 3.05) is 24.7 Å². The van der Waals surface area contributed by atoms with Gasteiger partial charge in [-0.25, -0.2) is 8.78 Å². The molecule has 0 radical (unpaired) electrons. The van der Waals surface area contributed by atoms with E-state index in [2.05, 4.69) is 9.69 Å². The van der Waals surface area contributed by atoms with E-state index in [0.29, 0.717) is 0 Å². The summed E-state index contributed by atoms with van der Waals surface area (Å²) in [5.41, 5.74) is 5.35. The lowest BCUT2D eigenvalue weighted by molar-refractivity contribution is -0.117. The van der Waals surface area contributed by atoms with Gasteiger partial charge in [-0.1, -0.05) is 0 Å². The van der Waals surface area contributed by atoms with E-state index in [-0.39, 0.29) is 16.6 Å². The number of hydrogen-bond donors (Lipinski definition) is 2. The molecule has 9 heteroatoms. The Labute approximate surface area is 92.6 Å². The smallest absolute Gasteiger partial charge is 0.324 e. The number of aromatic nitrogens is 1. The average molecular weight is 259 g/mol. The molecule has 0 saturated heterocycles. The van der Waals surface area contributed by atoms with Gasteiger partial charge in [0, 0.05) is 0 Å². The summed E-state index contributed by atoms with van der Waals surface area (Å²) in [5, 5.41) is 2.23. The van der Waals surface area contributed by atoms with Gasteiger partial charge in [0.2, 0.25) is 0 Å². The number of nitrogens with one attached hydrogen (secondary N) is 1. The molecule has 3 N–H and O–H groups in total. The lowest BCUT2D eigenvalue weighted by atomic mass is 10.3. The van der Waals surface area contributed by atoms with Crippen LogP contribution in [-0.4, -0.2) is 30.4 Å². The molecule has 4 nitrogen and oxygen atoms in total. The zero-order chi connectivity index (χ0) is 12.3. The molecule has 1 rings (SSSR count). The molecule has 16 heavy (non-hydrogen) atoms. The Bertz CT molecular complexity index is 357. The number of anilines is 2. The second-order valence-electron chi connectivity index (χ2n) is 2.85. The van der Waals surface area contributed by atoms with Crippen molar-refractivity contribution in [2.45, 2.75) is 12.3 Å². The van der Waals surface area contributed by atoms with Crippen LogP contribution in [0, 0.1) is 0 Å². The fraction of sp³-hybridized carbons (Fsp3) is 0.571. The zero-order valence-corrected chi connectivity index (χ0v) is 8.95. The lowest BCUT2D eigenvalue weighted by Gasteiger charge is -2.15. The van der Waals surface area contributed by atoms with Crippen molar-refractivity contribution < 1.29 is 22.3 Å². The largest absolute Gasteiger partial charge is 0.490 e. The van der Waals surface area contributed by atoms with Gasteiger partial charge in [0.15, 0.2) is 16.6 Å². The molecular weight excluding hydrogens is 250 g/mol. The van der Waals surface area contributed by atoms with Gasteiger partial charge in [-0.15, -0.1) is 0 Å². The van der Waals surface area contributed by atoms with Crippen LogP contribution in [0.15, 0.2) is 0 Å². The summed E-state index contributed by atoms with van der Waals surface area (Å²) >= 11 is 0.764. The van der Waals surface area contributed by atoms with Gasteiger partial charge in [0.1, 0.15) is 0 Å². The van der Waals surface area contributed by atoms with E-state index in [1.54, 1.807) is 0 Å². The average Bonchev–Trinajstić information content (AvgIpc) is 2.56. The Kier molecular flexibility index (Phi) is 3.79. The molecule has 0 aliphatic heterocycles. The monoisotopic (exact) mass is 259 g/mol. The number of ether oxygens (including phenoxy) is 1. The normalized spacial score (nSPS) is 11.9. The van der Waals surface area contributed by atoms with Gasteiger partial charge in [0.25, 0.3) is 0 Å². The van der Waals surface area contributed by atoms with Gasteiger partial charge in [0.05, 0.1) is 13.7 Å². The molecule has 0 saturated carbocycles. The summed E-state index contributed by atoms with van der Waals surface area (Å²) < 4.78 is 57.2. The van der Waals surface area contributed by atoms with E-state index in [9.17, 15) is 17.6 Å². The minimum atomic E-state index is -4.11. The summed E-state index contributed by atoms with van der Waals surface area (Å²) in [6.45, 7) is -1.21. The minimum absolute atomic E-state index is 0.0235. The molecule has 0 unspecified atom stereocenters. The Hall–Kier alpha value is -1.25. The first-order valence-electron chi connectivity index (χ1n) is 4.07. The molecule has 0 amide bonds. The molecule has 0 aliphatic rings. The van der Waals surface area contributed by atoms with Gasteiger partial charge < -0.3 is 15.8 Å². The fourth-order valence-electron chi connectivity index (χ4n) is 0.879. The van der Waals surface area contributed by atoms with Crippen molar-refractivity contribution in [2.24, 2.45) is 0 Å². The molecule has 1 heterocycles. The van der Waals surface area contributed by atoms with Crippen LogP contribution >= 0.6 is 11.5 Å². The topological polar surface area (TPSA) is 60.2 Å². The van der Waals surface area contributed by atoms with Crippen LogP contribution in [0.4, 0.5) is 28.4 Å². The second-order valence-corrected chi connectivity index (χ2v) is 3.62. The number of nitrogen functional groups attached to an aromatic ring is 1. The van der Waals surface area contributed by atoms with Gasteiger partial charge >= 0.3 is 12.3 Å². The van der Waals surface area contributed by atoms with Crippen LogP contribution in [0.3, 0.4) is 0 Å². The number of halogens is 4. The molecule has 0 aromatic carbocycles. The maximum Gasteiger partial charge on any atom is 0.324 e. The molecular formula is C7H9F4N3OS. The SMILES string of the molecule is COc1c(N)nsc1NCC(F)(F)C(F)F. The first-order valence-corrected chi connectivity index (χ1v) is 4.84. The molecule has 0 spiro atoms. The highest BCUT2D eigenvalue weighted by Gasteiger charge is 2.40. The van der Waals surface area contributed by atoms with E-state index in [0.717, 1.165) is 11.5 Å². The van der Waals surface area contributed by atoms with Crippen LogP contribution in [0.5, 0.6) is 5.75 Å². The van der Waals surface area contributed by atoms with Crippen molar-refractivity contribution in [1.82, 2.24) is 4.37 Å². The van der Waals surface area contributed by atoms with Crippen molar-refractivity contribution in [3.05, 3.63) is 0 Å². The Morgan fingerprint density at radius 1 is 1.56 bits per heavy atom. The van der Waals surface area contributed by atoms with Crippen molar-refractivity contribution >= 4 is 22.4 Å². The van der Waals surface area contributed by atoms with Crippen molar-refractivity contribution in [3.63, 3.8) is 0 Å². The summed E-state index contributed by atoms with van der Waals surface area (Å²) in [7, 11) is 1.27. The molecule has 0 bridgehead atoms. The maximum atomic E-state index is 12.6. The third-order valence-electron chi connectivity index (χ3n) is 1.68. The quantitative estimate of drug-likeness (QED) is 0.794. The van der Waals surface area contributed by atoms with E-state index >= 15 is 0 Å². The number of nitrogens with two attached hydrogens (primary N) is 1. The van der Waals surface area contributed by atoms with E-state index in [1.165, 1.54) is 7.11 Å². The highest BCUT2D eigenvalue weighted by atomic mass is 32.1. The summed E-state index contributed by atoms with van der Waals surface area (Å²) in [6, 6.07) is 0. The molecule has 0 aliphatic carbocycles. The molecule has 0 fully saturated rings. The maximum absolute atomic E-state index is 12.6. The summed E-state index contributed by atoms with van der Waals surface area (Å²) in [4.78, 5) is 0. The number of alkyl halides is 4. The van der Waals surface area contributed by atoms with E-state index < -0.39 is 18.9 Å². The zero-order valence-electron chi connectivity index (χ0n) is 8.14. The summed E-state index contributed by atoms with van der Waals surface area (Å²) in [6.07, 6.45) is -3.73. The second kappa shape index (κ2) is 4.73. The van der Waals surface area contributed by atoms with Crippen LogP contribution in [0.2, 0.25) is 0 Å². The molecule has 0 atom stereocenters. The van der Waals surface area contributed by atoms with Gasteiger partial charge in [-0.2, -0.15) is 13.2 Å². The Balaban J connectivity index is 2.68. The van der Waals surface area contributed by atoms with Crippen LogP contribution in [0.25, 0.3) is 0 Å². The van der Waals surface area contributed by atoms with Crippen LogP contribution < -0.4 is 15.8 Å². The number of methoxy groups -OCH3 is 1. The lowest BCUT2D eigenvalue weighted by Crippen LogP contribution is -2.34. The van der Waals surface area contributed by atoms with E-state index in [1.807, 2.05) is 0 Å². The minimum Gasteiger partial charge on any atom is -0.490 e. The third kappa shape index (κ3) is 2.65. The van der Waals surface area contributed by atoms with E-state index in [4.69, 9.17) is 10.5 Å². The first-order chi connectivity index (χ1) is 7.38. The number of hydrogen-bond acceptors (Lipinski definition) is 5. The number of nitrogens with zero attached hydrogens (tertiary/aromatic N) is 1. The molecule has 1 aromatic rings. The Morgan fingerprint density at radius 2 is 2.19 bits per heavy atom. The van der Waals surface area contributed by atoms with Crippen molar-refractivity contribution in [3.8, 4) is 5.75 Å². The predicted molar refractivity (Wildman–Crippen MR) is 52.5 cm³/mol. The third-order valence-corrected chi connectivity index (χ3v) is 2.48. The summed E-state index contributed by atoms with van der Waals surface area (Å²) in [5.74, 6) is -4.01. The van der Waals surface area contributed by atoms with Gasteiger partial charge in [-0.05, 0) is 11.5 Å². The van der Waals surface area contributed by atoms with Crippen LogP contribution in [0.1, 0.15) is 0 Å². The van der Waals surface area contributed by atoms with Crippen LogP contribution in [-0.2, 0) is 0 Å². The van der Waals surface area contributed by atoms with Crippen molar-refractivity contribution in [1.29, 1.82) is 0 Å². The highest BCUT2D eigenvalue weighted by molar-refractivity contribution is 7.11. The molecule has 92 valence electrons. The first kappa shape index (κ1) is 12.8. The highest BCUT2D eigenvalue weighted by Crippen LogP contribution is 2.35. The molecule has 1 aromatic heterocycles. The Morgan fingerprint density at radius 3 is 2.69 bits per heavy atom. The standard InChI is InChI=1S/C7H9F4N3OS/c1-15-3-4(12)14-16-5(3)13-2-7(10,11)6(8)9/h6,13H,2H2,1H3,(H2,12,14).